The summed E-state index contributed by atoms with van der Waals surface area (Å²) in [5.74, 6) is 0. The first kappa shape index (κ1) is 16.2. The summed E-state index contributed by atoms with van der Waals surface area (Å²) in [5, 5.41) is 0. The number of benzene rings is 1. The molecule has 0 atom stereocenters. The Kier molecular flexibility index (Phi) is 9.83. The smallest absolute Gasteiger partial charge is 0.0105 e. The standard InChI is InChI=1S/C14H22N2.ClH/c1-2-3-11-16(13-10-15)12-9-14-7-5-4-6-8-14;/h2,4-8H,1,3,9-13,15H2;1H. The van der Waals surface area contributed by atoms with Crippen LogP contribution in [0.4, 0.5) is 0 Å². The second kappa shape index (κ2) is 10.3. The number of nitrogens with zero attached hydrogens (tertiary/aromatic N) is 1. The number of halogens is 1. The molecule has 0 aromatic heterocycles. The van der Waals surface area contributed by atoms with E-state index in [9.17, 15) is 0 Å². The van der Waals surface area contributed by atoms with Gasteiger partial charge in [0.25, 0.3) is 0 Å². The Morgan fingerprint density at radius 1 is 1.12 bits per heavy atom. The lowest BCUT2D eigenvalue weighted by molar-refractivity contribution is 0.290. The van der Waals surface area contributed by atoms with E-state index in [1.165, 1.54) is 5.56 Å². The highest BCUT2D eigenvalue weighted by Crippen LogP contribution is 2.02. The van der Waals surface area contributed by atoms with E-state index >= 15 is 0 Å². The molecule has 96 valence electrons. The molecule has 17 heavy (non-hydrogen) atoms. The van der Waals surface area contributed by atoms with Crippen molar-refractivity contribution in [2.75, 3.05) is 26.2 Å². The minimum atomic E-state index is 0. The van der Waals surface area contributed by atoms with Crippen molar-refractivity contribution in [2.24, 2.45) is 5.73 Å². The van der Waals surface area contributed by atoms with Crippen molar-refractivity contribution in [3.05, 3.63) is 48.6 Å². The third-order valence-corrected chi connectivity index (χ3v) is 2.65. The van der Waals surface area contributed by atoms with Gasteiger partial charge in [0.2, 0.25) is 0 Å². The maximum Gasteiger partial charge on any atom is 0.0105 e. The minimum absolute atomic E-state index is 0. The van der Waals surface area contributed by atoms with Crippen LogP contribution in [0, 0.1) is 0 Å². The summed E-state index contributed by atoms with van der Waals surface area (Å²) in [4.78, 5) is 2.40. The SMILES string of the molecule is C=CCCN(CCN)CCc1ccccc1.Cl. The average Bonchev–Trinajstić information content (AvgIpc) is 2.34. The van der Waals surface area contributed by atoms with Gasteiger partial charge in [0.05, 0.1) is 0 Å². The molecule has 2 nitrogen and oxygen atoms in total. The Hall–Kier alpha value is -0.830. The zero-order chi connectivity index (χ0) is 11.6. The first-order chi connectivity index (χ1) is 7.86. The molecule has 0 fully saturated rings. The average molecular weight is 255 g/mol. The number of hydrogen-bond donors (Lipinski definition) is 1. The van der Waals surface area contributed by atoms with Crippen molar-refractivity contribution in [1.82, 2.24) is 4.90 Å². The van der Waals surface area contributed by atoms with Crippen LogP contribution in [-0.2, 0) is 6.42 Å². The van der Waals surface area contributed by atoms with Crippen molar-refractivity contribution in [3.63, 3.8) is 0 Å². The molecule has 0 aliphatic rings. The monoisotopic (exact) mass is 254 g/mol. The molecule has 1 rings (SSSR count). The second-order valence-electron chi connectivity index (χ2n) is 3.94. The van der Waals surface area contributed by atoms with Crippen LogP contribution in [0.5, 0.6) is 0 Å². The van der Waals surface area contributed by atoms with Crippen molar-refractivity contribution in [1.29, 1.82) is 0 Å². The lowest BCUT2D eigenvalue weighted by Crippen LogP contribution is -2.32. The zero-order valence-corrected chi connectivity index (χ0v) is 11.2. The summed E-state index contributed by atoms with van der Waals surface area (Å²) in [5.41, 5.74) is 6.99. The van der Waals surface area contributed by atoms with Crippen molar-refractivity contribution in [2.45, 2.75) is 12.8 Å². The molecule has 0 heterocycles. The van der Waals surface area contributed by atoms with Crippen LogP contribution in [-0.4, -0.2) is 31.1 Å². The van der Waals surface area contributed by atoms with Crippen LogP contribution < -0.4 is 5.73 Å². The van der Waals surface area contributed by atoms with E-state index in [2.05, 4.69) is 41.8 Å². The van der Waals surface area contributed by atoms with Gasteiger partial charge < -0.3 is 10.6 Å². The fourth-order valence-electron chi connectivity index (χ4n) is 1.72. The molecular formula is C14H23ClN2. The lowest BCUT2D eigenvalue weighted by atomic mass is 10.1. The number of hydrogen-bond acceptors (Lipinski definition) is 2. The van der Waals surface area contributed by atoms with Crippen LogP contribution in [0.1, 0.15) is 12.0 Å². The van der Waals surface area contributed by atoms with Gasteiger partial charge in [0.15, 0.2) is 0 Å². The number of nitrogens with two attached hydrogens (primary N) is 1. The van der Waals surface area contributed by atoms with Crippen molar-refractivity contribution in [3.8, 4) is 0 Å². The van der Waals surface area contributed by atoms with Crippen LogP contribution in [0.15, 0.2) is 43.0 Å². The Balaban J connectivity index is 0.00000256. The molecule has 0 unspecified atom stereocenters. The van der Waals surface area contributed by atoms with Crippen LogP contribution in [0.3, 0.4) is 0 Å². The zero-order valence-electron chi connectivity index (χ0n) is 10.3. The molecule has 1 aromatic rings. The first-order valence-electron chi connectivity index (χ1n) is 5.94. The van der Waals surface area contributed by atoms with Gasteiger partial charge in [-0.15, -0.1) is 19.0 Å². The Labute approximate surface area is 111 Å². The maximum absolute atomic E-state index is 5.60. The summed E-state index contributed by atoms with van der Waals surface area (Å²) in [6.45, 7) is 7.60. The summed E-state index contributed by atoms with van der Waals surface area (Å²) < 4.78 is 0. The van der Waals surface area contributed by atoms with Gasteiger partial charge in [-0.2, -0.15) is 0 Å². The minimum Gasteiger partial charge on any atom is -0.329 e. The fourth-order valence-corrected chi connectivity index (χ4v) is 1.72. The second-order valence-corrected chi connectivity index (χ2v) is 3.94. The molecule has 0 amide bonds. The molecule has 0 aliphatic heterocycles. The number of rotatable bonds is 8. The first-order valence-corrected chi connectivity index (χ1v) is 5.94. The predicted molar refractivity (Wildman–Crippen MR) is 77.7 cm³/mol. The molecule has 0 saturated heterocycles. The van der Waals surface area contributed by atoms with E-state index in [4.69, 9.17) is 5.73 Å². The van der Waals surface area contributed by atoms with Crippen molar-refractivity contribution >= 4 is 12.4 Å². The normalized spacial score (nSPS) is 10.0. The van der Waals surface area contributed by atoms with E-state index in [1.54, 1.807) is 0 Å². The van der Waals surface area contributed by atoms with Crippen molar-refractivity contribution < 1.29 is 0 Å². The molecule has 0 aliphatic carbocycles. The van der Waals surface area contributed by atoms with Gasteiger partial charge in [-0.1, -0.05) is 36.4 Å². The van der Waals surface area contributed by atoms with Gasteiger partial charge in [0.1, 0.15) is 0 Å². The topological polar surface area (TPSA) is 29.3 Å². The fraction of sp³-hybridized carbons (Fsp3) is 0.429. The Bertz CT molecular complexity index is 288. The highest BCUT2D eigenvalue weighted by Gasteiger charge is 2.02. The van der Waals surface area contributed by atoms with Gasteiger partial charge >= 0.3 is 0 Å². The molecule has 0 bridgehead atoms. The molecule has 1 aromatic carbocycles. The van der Waals surface area contributed by atoms with Gasteiger partial charge in [-0.3, -0.25) is 0 Å². The third-order valence-electron chi connectivity index (χ3n) is 2.65. The summed E-state index contributed by atoms with van der Waals surface area (Å²) in [6, 6.07) is 10.6. The molecule has 0 saturated carbocycles. The van der Waals surface area contributed by atoms with Gasteiger partial charge in [-0.05, 0) is 18.4 Å². The van der Waals surface area contributed by atoms with Crippen LogP contribution in [0.2, 0.25) is 0 Å². The van der Waals surface area contributed by atoms with E-state index in [-0.39, 0.29) is 12.4 Å². The third kappa shape index (κ3) is 7.16. The predicted octanol–water partition coefficient (Wildman–Crippen LogP) is 2.49. The van der Waals surface area contributed by atoms with Crippen LogP contribution >= 0.6 is 12.4 Å². The quantitative estimate of drug-likeness (QED) is 0.723. The molecule has 2 N–H and O–H groups in total. The lowest BCUT2D eigenvalue weighted by Gasteiger charge is -2.20. The van der Waals surface area contributed by atoms with E-state index in [1.807, 2.05) is 6.08 Å². The molecular weight excluding hydrogens is 232 g/mol. The molecule has 0 radical (unpaired) electrons. The van der Waals surface area contributed by atoms with Gasteiger partial charge in [-0.25, -0.2) is 0 Å². The highest BCUT2D eigenvalue weighted by molar-refractivity contribution is 5.85. The Morgan fingerprint density at radius 2 is 1.82 bits per heavy atom. The maximum atomic E-state index is 5.60. The van der Waals surface area contributed by atoms with E-state index in [0.29, 0.717) is 0 Å². The largest absolute Gasteiger partial charge is 0.329 e. The Morgan fingerprint density at radius 3 is 2.41 bits per heavy atom. The van der Waals surface area contributed by atoms with Crippen LogP contribution in [0.25, 0.3) is 0 Å². The molecule has 0 spiro atoms. The molecule has 3 heteroatoms. The summed E-state index contributed by atoms with van der Waals surface area (Å²) >= 11 is 0. The summed E-state index contributed by atoms with van der Waals surface area (Å²) in [7, 11) is 0. The van der Waals surface area contributed by atoms with Gasteiger partial charge in [0, 0.05) is 26.2 Å². The highest BCUT2D eigenvalue weighted by atomic mass is 35.5. The summed E-state index contributed by atoms with van der Waals surface area (Å²) in [6.07, 6.45) is 4.10. The van der Waals surface area contributed by atoms with E-state index in [0.717, 1.165) is 39.0 Å². The van der Waals surface area contributed by atoms with E-state index < -0.39 is 0 Å².